The summed E-state index contributed by atoms with van der Waals surface area (Å²) >= 11 is 5.67. The van der Waals surface area contributed by atoms with Crippen molar-refractivity contribution in [2.75, 3.05) is 0 Å². The highest BCUT2D eigenvalue weighted by Crippen LogP contribution is 2.14. The molecule has 0 aliphatic carbocycles. The molecule has 18 heavy (non-hydrogen) atoms. The van der Waals surface area contributed by atoms with E-state index in [9.17, 15) is 4.79 Å². The lowest BCUT2D eigenvalue weighted by Crippen LogP contribution is -1.98. The van der Waals surface area contributed by atoms with Crippen LogP contribution in [-0.4, -0.2) is 16.1 Å². The van der Waals surface area contributed by atoms with Crippen LogP contribution in [0.4, 0.5) is 0 Å². The molecule has 0 saturated heterocycles. The Morgan fingerprint density at radius 3 is 2.50 bits per heavy atom. The van der Waals surface area contributed by atoms with Crippen molar-refractivity contribution < 1.29 is 14.6 Å². The van der Waals surface area contributed by atoms with Crippen molar-refractivity contribution in [3.8, 4) is 5.75 Å². The molecule has 0 unspecified atom stereocenters. The molecule has 0 atom stereocenters. The van der Waals surface area contributed by atoms with Gasteiger partial charge in [-0.25, -0.2) is 9.78 Å². The van der Waals surface area contributed by atoms with Crippen LogP contribution in [0.15, 0.2) is 42.6 Å². The first-order valence-corrected chi connectivity index (χ1v) is 5.59. The van der Waals surface area contributed by atoms with Crippen molar-refractivity contribution >= 4 is 17.6 Å². The molecule has 2 aromatic rings. The quantitative estimate of drug-likeness (QED) is 0.862. The monoisotopic (exact) mass is 263 g/mol. The predicted molar refractivity (Wildman–Crippen MR) is 67.0 cm³/mol. The van der Waals surface area contributed by atoms with E-state index in [2.05, 4.69) is 4.98 Å². The Balaban J connectivity index is 1.97. The zero-order chi connectivity index (χ0) is 13.0. The highest BCUT2D eigenvalue weighted by molar-refractivity contribution is 6.29. The molecule has 0 aliphatic rings. The van der Waals surface area contributed by atoms with E-state index in [0.717, 1.165) is 5.56 Å². The zero-order valence-electron chi connectivity index (χ0n) is 9.34. The van der Waals surface area contributed by atoms with E-state index in [1.165, 1.54) is 12.1 Å². The average molecular weight is 264 g/mol. The number of hydrogen-bond acceptors (Lipinski definition) is 3. The van der Waals surface area contributed by atoms with Gasteiger partial charge in [-0.2, -0.15) is 0 Å². The Kier molecular flexibility index (Phi) is 3.79. The molecule has 0 saturated carbocycles. The Morgan fingerprint density at radius 2 is 1.94 bits per heavy atom. The van der Waals surface area contributed by atoms with E-state index >= 15 is 0 Å². The summed E-state index contributed by atoms with van der Waals surface area (Å²) in [7, 11) is 0. The molecule has 0 amide bonds. The van der Waals surface area contributed by atoms with Gasteiger partial charge >= 0.3 is 5.97 Å². The third-order valence-electron chi connectivity index (χ3n) is 2.30. The zero-order valence-corrected chi connectivity index (χ0v) is 10.1. The van der Waals surface area contributed by atoms with Gasteiger partial charge in [-0.05, 0) is 30.3 Å². The number of pyridine rings is 1. The molecule has 92 valence electrons. The molecule has 5 heteroatoms. The number of halogens is 1. The van der Waals surface area contributed by atoms with Gasteiger partial charge in [0.15, 0.2) is 0 Å². The number of carboxylic acids is 1. The van der Waals surface area contributed by atoms with Crippen molar-refractivity contribution in [2.24, 2.45) is 0 Å². The topological polar surface area (TPSA) is 59.4 Å². The third kappa shape index (κ3) is 3.21. The largest absolute Gasteiger partial charge is 0.489 e. The van der Waals surface area contributed by atoms with Crippen LogP contribution in [-0.2, 0) is 6.61 Å². The van der Waals surface area contributed by atoms with Crippen LogP contribution in [0.1, 0.15) is 15.9 Å². The van der Waals surface area contributed by atoms with Crippen LogP contribution < -0.4 is 4.74 Å². The van der Waals surface area contributed by atoms with Gasteiger partial charge in [-0.3, -0.25) is 0 Å². The molecule has 2 rings (SSSR count). The number of aromatic nitrogens is 1. The van der Waals surface area contributed by atoms with E-state index in [-0.39, 0.29) is 5.56 Å². The van der Waals surface area contributed by atoms with E-state index in [4.69, 9.17) is 21.4 Å². The Morgan fingerprint density at radius 1 is 1.22 bits per heavy atom. The lowest BCUT2D eigenvalue weighted by Gasteiger charge is -2.06. The number of hydrogen-bond donors (Lipinski definition) is 1. The molecule has 0 spiro atoms. The maximum absolute atomic E-state index is 10.7. The van der Waals surface area contributed by atoms with Gasteiger partial charge in [0, 0.05) is 11.8 Å². The van der Waals surface area contributed by atoms with Crippen molar-refractivity contribution in [1.29, 1.82) is 0 Å². The van der Waals surface area contributed by atoms with Crippen LogP contribution >= 0.6 is 11.6 Å². The van der Waals surface area contributed by atoms with Gasteiger partial charge in [0.1, 0.15) is 17.5 Å². The molecule has 0 fully saturated rings. The summed E-state index contributed by atoms with van der Waals surface area (Å²) in [6.45, 7) is 0.358. The summed E-state index contributed by atoms with van der Waals surface area (Å²) in [4.78, 5) is 14.6. The molecule has 0 aliphatic heterocycles. The number of carbonyl (C=O) groups is 1. The van der Waals surface area contributed by atoms with Crippen molar-refractivity contribution in [2.45, 2.75) is 6.61 Å². The van der Waals surface area contributed by atoms with Crippen molar-refractivity contribution in [3.63, 3.8) is 0 Å². The molecule has 1 heterocycles. The fourth-order valence-corrected chi connectivity index (χ4v) is 1.46. The van der Waals surface area contributed by atoms with Crippen molar-refractivity contribution in [3.05, 3.63) is 58.9 Å². The van der Waals surface area contributed by atoms with Crippen LogP contribution in [0, 0.1) is 0 Å². The highest BCUT2D eigenvalue weighted by atomic mass is 35.5. The maximum atomic E-state index is 10.7. The molecule has 0 bridgehead atoms. The second-order valence-electron chi connectivity index (χ2n) is 3.61. The molecular formula is C13H10ClNO3. The van der Waals surface area contributed by atoms with Crippen molar-refractivity contribution in [1.82, 2.24) is 4.98 Å². The number of ether oxygens (including phenoxy) is 1. The molecule has 1 aromatic heterocycles. The Labute approximate surface area is 109 Å². The van der Waals surface area contributed by atoms with Gasteiger partial charge < -0.3 is 9.84 Å². The fraction of sp³-hybridized carbons (Fsp3) is 0.0769. The summed E-state index contributed by atoms with van der Waals surface area (Å²) in [5.74, 6) is -0.349. The molecule has 1 N–H and O–H groups in total. The second kappa shape index (κ2) is 5.51. The highest BCUT2D eigenvalue weighted by Gasteiger charge is 2.02. The van der Waals surface area contributed by atoms with E-state index in [0.29, 0.717) is 17.5 Å². The Hall–Kier alpha value is -2.07. The van der Waals surface area contributed by atoms with Gasteiger partial charge in [0.2, 0.25) is 0 Å². The minimum absolute atomic E-state index is 0.232. The summed E-state index contributed by atoms with van der Waals surface area (Å²) < 4.78 is 5.49. The van der Waals surface area contributed by atoms with E-state index in [1.54, 1.807) is 24.4 Å². The fourth-order valence-electron chi connectivity index (χ4n) is 1.35. The van der Waals surface area contributed by atoms with Crippen LogP contribution in [0.5, 0.6) is 5.75 Å². The van der Waals surface area contributed by atoms with Gasteiger partial charge in [0.25, 0.3) is 0 Å². The van der Waals surface area contributed by atoms with Crippen LogP contribution in [0.25, 0.3) is 0 Å². The number of rotatable bonds is 4. The van der Waals surface area contributed by atoms with E-state index in [1.807, 2.05) is 6.07 Å². The van der Waals surface area contributed by atoms with Gasteiger partial charge in [-0.15, -0.1) is 0 Å². The van der Waals surface area contributed by atoms with Gasteiger partial charge in [0.05, 0.1) is 5.56 Å². The minimum Gasteiger partial charge on any atom is -0.489 e. The molecule has 1 aromatic carbocycles. The normalized spacial score (nSPS) is 10.1. The molecule has 4 nitrogen and oxygen atoms in total. The number of nitrogens with zero attached hydrogens (tertiary/aromatic N) is 1. The van der Waals surface area contributed by atoms with Gasteiger partial charge in [-0.1, -0.05) is 17.7 Å². The number of benzene rings is 1. The molecule has 0 radical (unpaired) electrons. The predicted octanol–water partition coefficient (Wildman–Crippen LogP) is 3.01. The average Bonchev–Trinajstić information content (AvgIpc) is 2.38. The number of carboxylic acid groups (broad SMARTS) is 1. The smallest absolute Gasteiger partial charge is 0.335 e. The Bertz CT molecular complexity index is 537. The summed E-state index contributed by atoms with van der Waals surface area (Å²) in [5.41, 5.74) is 1.12. The number of aromatic carboxylic acids is 1. The maximum Gasteiger partial charge on any atom is 0.335 e. The molecular weight excluding hydrogens is 254 g/mol. The van der Waals surface area contributed by atoms with E-state index < -0.39 is 5.97 Å². The minimum atomic E-state index is -0.955. The SMILES string of the molecule is O=C(O)c1ccc(OCc2ccc(Cl)nc2)cc1. The summed E-state index contributed by atoms with van der Waals surface area (Å²) in [6.07, 6.45) is 1.63. The second-order valence-corrected chi connectivity index (χ2v) is 3.99. The van der Waals surface area contributed by atoms with Crippen LogP contribution in [0.2, 0.25) is 5.15 Å². The summed E-state index contributed by atoms with van der Waals surface area (Å²) in [6, 6.07) is 9.74. The third-order valence-corrected chi connectivity index (χ3v) is 2.52. The van der Waals surface area contributed by atoms with Crippen LogP contribution in [0.3, 0.4) is 0 Å². The lowest BCUT2D eigenvalue weighted by molar-refractivity contribution is 0.0697. The lowest BCUT2D eigenvalue weighted by atomic mass is 10.2. The first-order chi connectivity index (χ1) is 8.65. The standard InChI is InChI=1S/C13H10ClNO3/c14-12-6-1-9(7-15-12)8-18-11-4-2-10(3-5-11)13(16)17/h1-7H,8H2,(H,16,17). The first kappa shape index (κ1) is 12.4. The summed E-state index contributed by atoms with van der Waals surface area (Å²) in [5, 5.41) is 9.18. The first-order valence-electron chi connectivity index (χ1n) is 5.22.